The van der Waals surface area contributed by atoms with Gasteiger partial charge in [-0.2, -0.15) is 0 Å². The van der Waals surface area contributed by atoms with Crippen LogP contribution < -0.4 is 10.1 Å². The van der Waals surface area contributed by atoms with E-state index in [2.05, 4.69) is 32.4 Å². The lowest BCUT2D eigenvalue weighted by molar-refractivity contribution is 0.413. The highest BCUT2D eigenvalue weighted by molar-refractivity contribution is 5.92. The number of rotatable bonds is 4. The highest BCUT2D eigenvalue weighted by Crippen LogP contribution is 2.29. The van der Waals surface area contributed by atoms with Crippen LogP contribution in [0.25, 0.3) is 22.0 Å². The van der Waals surface area contributed by atoms with Crippen molar-refractivity contribution in [3.8, 4) is 16.9 Å². The third-order valence-corrected chi connectivity index (χ3v) is 4.86. The van der Waals surface area contributed by atoms with Gasteiger partial charge in [0.1, 0.15) is 17.9 Å². The summed E-state index contributed by atoms with van der Waals surface area (Å²) >= 11 is 0. The summed E-state index contributed by atoms with van der Waals surface area (Å²) in [4.78, 5) is 13.2. The normalized spacial score (nSPS) is 15.2. The molecule has 3 aromatic rings. The van der Waals surface area contributed by atoms with E-state index in [1.165, 1.54) is 32.1 Å². The van der Waals surface area contributed by atoms with Crippen molar-refractivity contribution in [1.29, 1.82) is 0 Å². The van der Waals surface area contributed by atoms with E-state index in [4.69, 9.17) is 4.74 Å². The van der Waals surface area contributed by atoms with Crippen molar-refractivity contribution in [3.63, 3.8) is 0 Å². The zero-order valence-corrected chi connectivity index (χ0v) is 14.4. The summed E-state index contributed by atoms with van der Waals surface area (Å²) in [6.07, 6.45) is 11.6. The van der Waals surface area contributed by atoms with Crippen molar-refractivity contribution in [2.45, 2.75) is 38.1 Å². The van der Waals surface area contributed by atoms with Crippen LogP contribution in [0.2, 0.25) is 0 Å². The van der Waals surface area contributed by atoms with Gasteiger partial charge in [0.2, 0.25) is 0 Å². The molecule has 1 N–H and O–H groups in total. The Morgan fingerprint density at radius 2 is 1.88 bits per heavy atom. The summed E-state index contributed by atoms with van der Waals surface area (Å²) in [5.41, 5.74) is 3.06. The maximum Gasteiger partial charge on any atom is 0.137 e. The van der Waals surface area contributed by atoms with Gasteiger partial charge >= 0.3 is 0 Å². The van der Waals surface area contributed by atoms with E-state index in [1.807, 2.05) is 18.3 Å². The number of benzene rings is 1. The second kappa shape index (κ2) is 7.05. The first-order valence-electron chi connectivity index (χ1n) is 8.84. The molecule has 0 bridgehead atoms. The number of ether oxygens (including phenoxy) is 1. The zero-order chi connectivity index (χ0) is 17.1. The Balaban J connectivity index is 1.71. The minimum atomic E-state index is 0.508. The second-order valence-corrected chi connectivity index (χ2v) is 6.55. The third-order valence-electron chi connectivity index (χ3n) is 4.86. The topological polar surface area (TPSA) is 59.9 Å². The molecule has 0 saturated heterocycles. The molecule has 1 aliphatic carbocycles. The van der Waals surface area contributed by atoms with Gasteiger partial charge in [-0.1, -0.05) is 25.3 Å². The van der Waals surface area contributed by atoms with Gasteiger partial charge in [-0.3, -0.25) is 4.98 Å². The van der Waals surface area contributed by atoms with Crippen molar-refractivity contribution < 1.29 is 4.74 Å². The Kier molecular flexibility index (Phi) is 4.46. The highest BCUT2D eigenvalue weighted by Gasteiger charge is 2.15. The van der Waals surface area contributed by atoms with Crippen molar-refractivity contribution in [2.24, 2.45) is 0 Å². The minimum absolute atomic E-state index is 0.508. The summed E-state index contributed by atoms with van der Waals surface area (Å²) in [6, 6.07) is 8.74. The van der Waals surface area contributed by atoms with E-state index in [9.17, 15) is 0 Å². The molecule has 2 aromatic heterocycles. The maximum atomic E-state index is 5.29. The molecule has 0 radical (unpaired) electrons. The lowest BCUT2D eigenvalue weighted by Crippen LogP contribution is -2.23. The molecule has 1 fully saturated rings. The van der Waals surface area contributed by atoms with Gasteiger partial charge in [0.05, 0.1) is 18.8 Å². The zero-order valence-electron chi connectivity index (χ0n) is 14.4. The lowest BCUT2D eigenvalue weighted by Gasteiger charge is -2.23. The number of aromatic nitrogens is 3. The monoisotopic (exact) mass is 334 g/mol. The number of fused-ring (bicyclic) bond motifs is 1. The summed E-state index contributed by atoms with van der Waals surface area (Å²) < 4.78 is 5.29. The van der Waals surface area contributed by atoms with Gasteiger partial charge in [-0.05, 0) is 36.6 Å². The highest BCUT2D eigenvalue weighted by atomic mass is 16.5. The molecule has 0 spiro atoms. The van der Waals surface area contributed by atoms with Gasteiger partial charge < -0.3 is 10.1 Å². The molecule has 0 atom stereocenters. The van der Waals surface area contributed by atoms with E-state index in [0.29, 0.717) is 6.04 Å². The first-order valence-corrected chi connectivity index (χ1v) is 8.84. The van der Waals surface area contributed by atoms with Crippen LogP contribution in [0.5, 0.6) is 5.75 Å². The van der Waals surface area contributed by atoms with E-state index in [1.54, 1.807) is 19.6 Å². The van der Waals surface area contributed by atoms with Crippen LogP contribution in [0.3, 0.4) is 0 Å². The van der Waals surface area contributed by atoms with Crippen LogP contribution in [-0.2, 0) is 0 Å². The third kappa shape index (κ3) is 3.40. The minimum Gasteiger partial charge on any atom is -0.495 e. The average Bonchev–Trinajstić information content (AvgIpc) is 2.69. The Morgan fingerprint density at radius 1 is 1.00 bits per heavy atom. The van der Waals surface area contributed by atoms with Crippen LogP contribution in [0.4, 0.5) is 5.82 Å². The Morgan fingerprint density at radius 3 is 2.72 bits per heavy atom. The molecule has 128 valence electrons. The molecular weight excluding hydrogens is 312 g/mol. The summed E-state index contributed by atoms with van der Waals surface area (Å²) in [5, 5.41) is 4.68. The number of hydrogen-bond acceptors (Lipinski definition) is 5. The predicted octanol–water partition coefficient (Wildman–Crippen LogP) is 4.45. The first kappa shape index (κ1) is 15.8. The van der Waals surface area contributed by atoms with Crippen LogP contribution in [-0.4, -0.2) is 28.1 Å². The van der Waals surface area contributed by atoms with Crippen molar-refractivity contribution >= 4 is 16.7 Å². The molecule has 5 nitrogen and oxygen atoms in total. The van der Waals surface area contributed by atoms with Gasteiger partial charge in [0, 0.05) is 23.2 Å². The van der Waals surface area contributed by atoms with Crippen LogP contribution in [0, 0.1) is 0 Å². The molecule has 1 saturated carbocycles. The number of methoxy groups -OCH3 is 1. The summed E-state index contributed by atoms with van der Waals surface area (Å²) in [5.74, 6) is 1.68. The number of anilines is 1. The summed E-state index contributed by atoms with van der Waals surface area (Å²) in [7, 11) is 1.65. The number of pyridine rings is 1. The fraction of sp³-hybridized carbons (Fsp3) is 0.350. The molecule has 0 amide bonds. The van der Waals surface area contributed by atoms with Crippen LogP contribution >= 0.6 is 0 Å². The Bertz CT molecular complexity index is 874. The second-order valence-electron chi connectivity index (χ2n) is 6.55. The fourth-order valence-corrected chi connectivity index (χ4v) is 3.48. The van der Waals surface area contributed by atoms with Gasteiger partial charge in [-0.15, -0.1) is 0 Å². The van der Waals surface area contributed by atoms with Crippen LogP contribution in [0.15, 0.2) is 43.0 Å². The van der Waals surface area contributed by atoms with Gasteiger partial charge in [0.25, 0.3) is 0 Å². The molecule has 1 aliphatic rings. The first-order chi connectivity index (χ1) is 12.3. The van der Waals surface area contributed by atoms with Crippen molar-refractivity contribution in [3.05, 3.63) is 43.0 Å². The predicted molar refractivity (Wildman–Crippen MR) is 99.8 cm³/mol. The quantitative estimate of drug-likeness (QED) is 0.764. The van der Waals surface area contributed by atoms with E-state index < -0.39 is 0 Å². The smallest absolute Gasteiger partial charge is 0.137 e. The maximum absolute atomic E-state index is 5.29. The van der Waals surface area contributed by atoms with Crippen molar-refractivity contribution in [1.82, 2.24) is 15.0 Å². The molecular formula is C20H22N4O. The number of nitrogens with zero attached hydrogens (tertiary/aromatic N) is 3. The summed E-state index contributed by atoms with van der Waals surface area (Å²) in [6.45, 7) is 0. The molecule has 25 heavy (non-hydrogen) atoms. The largest absolute Gasteiger partial charge is 0.495 e. The van der Waals surface area contributed by atoms with Crippen molar-refractivity contribution in [2.75, 3.05) is 12.4 Å². The average molecular weight is 334 g/mol. The molecule has 2 heterocycles. The molecule has 4 rings (SSSR count). The standard InChI is InChI=1S/C20H22N4O/c1-25-17-9-15(11-21-12-17)14-7-8-19-18(10-14)20(23-13-22-19)24-16-5-3-2-4-6-16/h7-13,16H,2-6H2,1H3,(H,22,23,24). The van der Waals surface area contributed by atoms with E-state index in [0.717, 1.165) is 33.6 Å². The Labute approximate surface area is 147 Å². The fourth-order valence-electron chi connectivity index (χ4n) is 3.48. The van der Waals surface area contributed by atoms with Crippen LogP contribution in [0.1, 0.15) is 32.1 Å². The van der Waals surface area contributed by atoms with Gasteiger partial charge in [0.15, 0.2) is 0 Å². The Hall–Kier alpha value is -2.69. The lowest BCUT2D eigenvalue weighted by atomic mass is 9.95. The van der Waals surface area contributed by atoms with Gasteiger partial charge in [-0.25, -0.2) is 9.97 Å². The van der Waals surface area contributed by atoms with E-state index >= 15 is 0 Å². The molecule has 0 unspecified atom stereocenters. The SMILES string of the molecule is COc1cncc(-c2ccc3ncnc(NC4CCCCC4)c3c2)c1. The molecule has 1 aromatic carbocycles. The van der Waals surface area contributed by atoms with E-state index in [-0.39, 0.29) is 0 Å². The molecule has 5 heteroatoms. The number of hydrogen-bond donors (Lipinski definition) is 1. The molecule has 0 aliphatic heterocycles. The number of nitrogens with one attached hydrogen (secondary N) is 1.